The van der Waals surface area contributed by atoms with Crippen LogP contribution in [0.5, 0.6) is 0 Å². The molecule has 1 aromatic carbocycles. The third-order valence-electron chi connectivity index (χ3n) is 2.72. The van der Waals surface area contributed by atoms with E-state index in [0.717, 1.165) is 5.56 Å². The van der Waals surface area contributed by atoms with E-state index in [4.69, 9.17) is 23.2 Å². The van der Waals surface area contributed by atoms with Crippen molar-refractivity contribution in [1.29, 1.82) is 0 Å². The molecule has 2 rings (SSSR count). The van der Waals surface area contributed by atoms with E-state index in [1.807, 2.05) is 25.1 Å². The van der Waals surface area contributed by atoms with Gasteiger partial charge in [-0.25, -0.2) is 4.98 Å². The van der Waals surface area contributed by atoms with E-state index in [0.29, 0.717) is 10.6 Å². The van der Waals surface area contributed by atoms with Gasteiger partial charge in [-0.2, -0.15) is 0 Å². The Hall–Kier alpha value is -1.58. The number of hydrogen-bond acceptors (Lipinski definition) is 2. The molecule has 1 aromatic heterocycles. The van der Waals surface area contributed by atoms with Gasteiger partial charge in [0, 0.05) is 11.2 Å². The quantitative estimate of drug-likeness (QED) is 0.873. The van der Waals surface area contributed by atoms with Gasteiger partial charge in [0.15, 0.2) is 0 Å². The lowest BCUT2D eigenvalue weighted by atomic mass is 10.1. The van der Waals surface area contributed by atoms with Crippen LogP contribution in [-0.4, -0.2) is 10.9 Å². The summed E-state index contributed by atoms with van der Waals surface area (Å²) in [6, 6.07) is 10.5. The summed E-state index contributed by atoms with van der Waals surface area (Å²) in [6.45, 7) is 1.86. The second-order valence-corrected chi connectivity index (χ2v) is 4.82. The third kappa shape index (κ3) is 3.25. The Labute approximate surface area is 121 Å². The van der Waals surface area contributed by atoms with Crippen molar-refractivity contribution in [1.82, 2.24) is 10.3 Å². The fourth-order valence-corrected chi connectivity index (χ4v) is 2.24. The maximum Gasteiger partial charge on any atom is 0.254 e. The Morgan fingerprint density at radius 3 is 2.63 bits per heavy atom. The van der Waals surface area contributed by atoms with E-state index < -0.39 is 0 Å². The number of carbonyl (C=O) groups is 1. The molecule has 0 spiro atoms. The molecule has 0 aliphatic heterocycles. The maximum atomic E-state index is 12.1. The van der Waals surface area contributed by atoms with Crippen LogP contribution in [0.3, 0.4) is 0 Å². The van der Waals surface area contributed by atoms with Crippen LogP contribution in [-0.2, 0) is 0 Å². The highest BCUT2D eigenvalue weighted by molar-refractivity contribution is 6.32. The van der Waals surface area contributed by atoms with E-state index in [2.05, 4.69) is 10.3 Å². The fourth-order valence-electron chi connectivity index (χ4n) is 1.73. The summed E-state index contributed by atoms with van der Waals surface area (Å²) in [7, 11) is 0. The van der Waals surface area contributed by atoms with Gasteiger partial charge in [0.25, 0.3) is 5.91 Å². The van der Waals surface area contributed by atoms with Crippen LogP contribution in [0.15, 0.2) is 42.6 Å². The lowest BCUT2D eigenvalue weighted by molar-refractivity contribution is 0.0939. The maximum absolute atomic E-state index is 12.1. The molecule has 1 amide bonds. The molecule has 3 nitrogen and oxygen atoms in total. The second-order valence-electron chi connectivity index (χ2n) is 4.06. The molecule has 0 aliphatic rings. The zero-order chi connectivity index (χ0) is 13.8. The average molecular weight is 295 g/mol. The van der Waals surface area contributed by atoms with Gasteiger partial charge in [0.05, 0.1) is 11.6 Å². The molecule has 1 unspecified atom stereocenters. The fraction of sp³-hybridized carbons (Fsp3) is 0.143. The Morgan fingerprint density at radius 1 is 1.21 bits per heavy atom. The highest BCUT2D eigenvalue weighted by atomic mass is 35.5. The number of halogens is 2. The van der Waals surface area contributed by atoms with Crippen molar-refractivity contribution in [2.24, 2.45) is 0 Å². The van der Waals surface area contributed by atoms with Crippen LogP contribution < -0.4 is 5.32 Å². The number of pyridine rings is 1. The number of benzene rings is 1. The van der Waals surface area contributed by atoms with E-state index in [1.165, 1.54) is 6.20 Å². The summed E-state index contributed by atoms with van der Waals surface area (Å²) < 4.78 is 0. The van der Waals surface area contributed by atoms with E-state index in [1.54, 1.807) is 18.2 Å². The number of hydrogen-bond donors (Lipinski definition) is 1. The smallest absolute Gasteiger partial charge is 0.254 e. The van der Waals surface area contributed by atoms with Gasteiger partial charge in [0.1, 0.15) is 5.15 Å². The van der Waals surface area contributed by atoms with Gasteiger partial charge < -0.3 is 5.32 Å². The molecule has 0 saturated carbocycles. The minimum Gasteiger partial charge on any atom is -0.345 e. The summed E-state index contributed by atoms with van der Waals surface area (Å²) in [5.41, 5.74) is 1.21. The van der Waals surface area contributed by atoms with Crippen LogP contribution in [0.1, 0.15) is 28.9 Å². The highest BCUT2D eigenvalue weighted by Gasteiger charge is 2.15. The Bertz CT molecular complexity index is 602. The molecule has 2 aromatic rings. The topological polar surface area (TPSA) is 42.0 Å². The number of rotatable bonds is 3. The SMILES string of the molecule is CC(NC(=O)c1cccnc1Cl)c1ccccc1Cl. The zero-order valence-corrected chi connectivity index (χ0v) is 11.7. The van der Waals surface area contributed by atoms with Gasteiger partial charge in [0.2, 0.25) is 0 Å². The predicted molar refractivity (Wildman–Crippen MR) is 76.6 cm³/mol. The Morgan fingerprint density at radius 2 is 1.95 bits per heavy atom. The Kier molecular flexibility index (Phi) is 4.40. The van der Waals surface area contributed by atoms with Crippen molar-refractivity contribution in [3.63, 3.8) is 0 Å². The number of nitrogens with one attached hydrogen (secondary N) is 1. The predicted octanol–water partition coefficient (Wildman–Crippen LogP) is 3.88. The van der Waals surface area contributed by atoms with E-state index in [9.17, 15) is 4.79 Å². The van der Waals surface area contributed by atoms with Gasteiger partial charge in [-0.3, -0.25) is 4.79 Å². The minimum atomic E-state index is -0.273. The highest BCUT2D eigenvalue weighted by Crippen LogP contribution is 2.23. The number of amides is 1. The minimum absolute atomic E-state index is 0.186. The molecular formula is C14H12Cl2N2O. The van der Waals surface area contributed by atoms with Crippen molar-refractivity contribution in [3.8, 4) is 0 Å². The summed E-state index contributed by atoms with van der Waals surface area (Å²) in [6.07, 6.45) is 1.54. The lowest BCUT2D eigenvalue weighted by Crippen LogP contribution is -2.27. The first-order valence-corrected chi connectivity index (χ1v) is 6.51. The average Bonchev–Trinajstić information content (AvgIpc) is 2.39. The molecule has 0 aliphatic carbocycles. The van der Waals surface area contributed by atoms with Crippen LogP contribution in [0, 0.1) is 0 Å². The molecule has 5 heteroatoms. The largest absolute Gasteiger partial charge is 0.345 e. The van der Waals surface area contributed by atoms with E-state index in [-0.39, 0.29) is 17.1 Å². The molecule has 0 saturated heterocycles. The molecule has 1 N–H and O–H groups in total. The number of aromatic nitrogens is 1. The van der Waals surface area contributed by atoms with Crippen LogP contribution >= 0.6 is 23.2 Å². The first kappa shape index (κ1) is 13.8. The normalized spacial score (nSPS) is 11.9. The van der Waals surface area contributed by atoms with Crippen LogP contribution in [0.25, 0.3) is 0 Å². The van der Waals surface area contributed by atoms with Gasteiger partial charge in [-0.15, -0.1) is 0 Å². The standard InChI is InChI=1S/C14H12Cl2N2O/c1-9(10-5-2-3-7-12(10)15)18-14(19)11-6-4-8-17-13(11)16/h2-9H,1H3,(H,18,19). The zero-order valence-electron chi connectivity index (χ0n) is 10.2. The number of carbonyl (C=O) groups excluding carboxylic acids is 1. The first-order chi connectivity index (χ1) is 9.09. The first-order valence-electron chi connectivity index (χ1n) is 5.75. The molecular weight excluding hydrogens is 283 g/mol. The Balaban J connectivity index is 2.16. The molecule has 19 heavy (non-hydrogen) atoms. The summed E-state index contributed by atoms with van der Waals surface area (Å²) >= 11 is 12.0. The summed E-state index contributed by atoms with van der Waals surface area (Å²) in [4.78, 5) is 16.0. The summed E-state index contributed by atoms with van der Waals surface area (Å²) in [5.74, 6) is -0.273. The van der Waals surface area contributed by atoms with Crippen molar-refractivity contribution >= 4 is 29.1 Å². The third-order valence-corrected chi connectivity index (χ3v) is 3.37. The second kappa shape index (κ2) is 6.04. The molecule has 1 heterocycles. The van der Waals surface area contributed by atoms with Gasteiger partial charge in [-0.1, -0.05) is 41.4 Å². The van der Waals surface area contributed by atoms with Gasteiger partial charge >= 0.3 is 0 Å². The lowest BCUT2D eigenvalue weighted by Gasteiger charge is -2.15. The number of nitrogens with zero attached hydrogens (tertiary/aromatic N) is 1. The molecule has 98 valence electrons. The molecule has 1 atom stereocenters. The molecule has 0 bridgehead atoms. The summed E-state index contributed by atoms with van der Waals surface area (Å²) in [5, 5.41) is 3.65. The van der Waals surface area contributed by atoms with Crippen molar-refractivity contribution in [2.45, 2.75) is 13.0 Å². The monoisotopic (exact) mass is 294 g/mol. The molecule has 0 fully saturated rings. The van der Waals surface area contributed by atoms with Crippen LogP contribution in [0.4, 0.5) is 0 Å². The van der Waals surface area contributed by atoms with Crippen molar-refractivity contribution in [3.05, 3.63) is 63.9 Å². The van der Waals surface area contributed by atoms with Crippen molar-refractivity contribution < 1.29 is 4.79 Å². The van der Waals surface area contributed by atoms with Gasteiger partial charge in [-0.05, 0) is 30.7 Å². The van der Waals surface area contributed by atoms with Crippen LogP contribution in [0.2, 0.25) is 10.2 Å². The van der Waals surface area contributed by atoms with Crippen molar-refractivity contribution in [2.75, 3.05) is 0 Å². The molecule has 0 radical (unpaired) electrons. The van der Waals surface area contributed by atoms with E-state index >= 15 is 0 Å².